The van der Waals surface area contributed by atoms with Crippen LogP contribution in [0.15, 0.2) is 24.3 Å². The summed E-state index contributed by atoms with van der Waals surface area (Å²) in [5.74, 6) is 0.420. The molecule has 1 aliphatic heterocycles. The predicted molar refractivity (Wildman–Crippen MR) is 131 cm³/mol. The molecule has 0 unspecified atom stereocenters. The standard InChI is InChI=1S/C26H43ClN2O3/c1-32-16-6-5-14-26(31,21-11-7-13-23(27)17-21)22-12-8-15-29(19-22)24(18-28)25(30)20-9-3-2-4-10-20/h7,11,13,17,20,22,24-25,30-31H,2-6,8-10,12,14-16,18-19,28H2,1H3/t22-,24-,25-,26-/m1/s1. The first kappa shape index (κ1) is 25.9. The minimum Gasteiger partial charge on any atom is -0.391 e. The lowest BCUT2D eigenvalue weighted by Gasteiger charge is -2.47. The van der Waals surface area contributed by atoms with E-state index in [1.165, 1.54) is 19.3 Å². The number of unbranched alkanes of at least 4 members (excludes halogenated alkanes) is 1. The highest BCUT2D eigenvalue weighted by Gasteiger charge is 2.42. The molecule has 1 aliphatic carbocycles. The van der Waals surface area contributed by atoms with Crippen molar-refractivity contribution in [1.29, 1.82) is 0 Å². The average molecular weight is 467 g/mol. The molecule has 0 bridgehead atoms. The van der Waals surface area contributed by atoms with E-state index in [1.54, 1.807) is 7.11 Å². The van der Waals surface area contributed by atoms with Crippen LogP contribution in [0.25, 0.3) is 0 Å². The van der Waals surface area contributed by atoms with Gasteiger partial charge in [-0.25, -0.2) is 0 Å². The Morgan fingerprint density at radius 2 is 1.97 bits per heavy atom. The highest BCUT2D eigenvalue weighted by atomic mass is 35.5. The lowest BCUT2D eigenvalue weighted by Crippen LogP contribution is -2.56. The fourth-order valence-corrected chi connectivity index (χ4v) is 6.16. The predicted octanol–water partition coefficient (Wildman–Crippen LogP) is 4.32. The topological polar surface area (TPSA) is 79.0 Å². The number of hydrogen-bond acceptors (Lipinski definition) is 5. The summed E-state index contributed by atoms with van der Waals surface area (Å²) in [4.78, 5) is 2.36. The van der Waals surface area contributed by atoms with Gasteiger partial charge in [-0.2, -0.15) is 0 Å². The van der Waals surface area contributed by atoms with Crippen molar-refractivity contribution < 1.29 is 14.9 Å². The third-order valence-corrected chi connectivity index (χ3v) is 8.08. The van der Waals surface area contributed by atoms with Gasteiger partial charge in [0, 0.05) is 43.8 Å². The summed E-state index contributed by atoms with van der Waals surface area (Å²) < 4.78 is 5.22. The van der Waals surface area contributed by atoms with Gasteiger partial charge < -0.3 is 20.7 Å². The van der Waals surface area contributed by atoms with E-state index in [0.29, 0.717) is 30.5 Å². The Bertz CT molecular complexity index is 685. The number of benzene rings is 1. The lowest BCUT2D eigenvalue weighted by atomic mass is 9.73. The number of halogens is 1. The van der Waals surface area contributed by atoms with Crippen molar-refractivity contribution in [2.45, 2.75) is 82.0 Å². The summed E-state index contributed by atoms with van der Waals surface area (Å²) in [6.45, 7) is 2.83. The Labute approximate surface area is 199 Å². The van der Waals surface area contributed by atoms with Gasteiger partial charge in [0.05, 0.1) is 11.7 Å². The van der Waals surface area contributed by atoms with Crippen LogP contribution >= 0.6 is 11.6 Å². The number of aliphatic hydroxyl groups excluding tert-OH is 1. The molecule has 2 aliphatic rings. The number of rotatable bonds is 11. The number of hydrogen-bond donors (Lipinski definition) is 3. The van der Waals surface area contributed by atoms with Crippen LogP contribution in [0.3, 0.4) is 0 Å². The van der Waals surface area contributed by atoms with Crippen LogP contribution in [0.1, 0.15) is 69.8 Å². The summed E-state index contributed by atoms with van der Waals surface area (Å²) >= 11 is 6.31. The molecule has 0 spiro atoms. The van der Waals surface area contributed by atoms with E-state index in [2.05, 4.69) is 4.90 Å². The Kier molecular flexibility index (Phi) is 10.3. The maximum atomic E-state index is 12.1. The van der Waals surface area contributed by atoms with Gasteiger partial charge in [-0.1, -0.05) is 43.0 Å². The smallest absolute Gasteiger partial charge is 0.0937 e. The van der Waals surface area contributed by atoms with Crippen LogP contribution in [0.5, 0.6) is 0 Å². The van der Waals surface area contributed by atoms with Gasteiger partial charge in [0.2, 0.25) is 0 Å². The molecule has 0 radical (unpaired) electrons. The van der Waals surface area contributed by atoms with E-state index < -0.39 is 5.60 Å². The van der Waals surface area contributed by atoms with Crippen LogP contribution in [0.4, 0.5) is 0 Å². The van der Waals surface area contributed by atoms with Crippen molar-refractivity contribution >= 4 is 11.6 Å². The van der Waals surface area contributed by atoms with E-state index in [9.17, 15) is 10.2 Å². The maximum Gasteiger partial charge on any atom is 0.0937 e. The van der Waals surface area contributed by atoms with Crippen LogP contribution in [-0.4, -0.2) is 60.6 Å². The average Bonchev–Trinajstić information content (AvgIpc) is 2.83. The summed E-state index contributed by atoms with van der Waals surface area (Å²) in [6.07, 6.45) is 9.93. The zero-order valence-electron chi connectivity index (χ0n) is 19.7. The van der Waals surface area contributed by atoms with Crippen molar-refractivity contribution in [3.8, 4) is 0 Å². The fraction of sp³-hybridized carbons (Fsp3) is 0.769. The first-order chi connectivity index (χ1) is 15.5. The van der Waals surface area contributed by atoms with E-state index in [-0.39, 0.29) is 18.1 Å². The molecule has 1 aromatic carbocycles. The van der Waals surface area contributed by atoms with Crippen molar-refractivity contribution in [2.24, 2.45) is 17.6 Å². The molecule has 3 rings (SSSR count). The molecule has 4 atom stereocenters. The molecule has 1 saturated heterocycles. The molecule has 0 amide bonds. The number of methoxy groups -OCH3 is 1. The van der Waals surface area contributed by atoms with E-state index >= 15 is 0 Å². The molecule has 1 aromatic rings. The van der Waals surface area contributed by atoms with Gasteiger partial charge in [-0.15, -0.1) is 0 Å². The first-order valence-electron chi connectivity index (χ1n) is 12.6. The minimum absolute atomic E-state index is 0.0435. The molecule has 32 heavy (non-hydrogen) atoms. The summed E-state index contributed by atoms with van der Waals surface area (Å²) in [7, 11) is 1.72. The zero-order chi connectivity index (χ0) is 23.0. The molecule has 0 aromatic heterocycles. The van der Waals surface area contributed by atoms with E-state index in [0.717, 1.165) is 57.2 Å². The van der Waals surface area contributed by atoms with E-state index in [1.807, 2.05) is 24.3 Å². The van der Waals surface area contributed by atoms with Crippen molar-refractivity contribution in [3.63, 3.8) is 0 Å². The third-order valence-electron chi connectivity index (χ3n) is 7.85. The minimum atomic E-state index is -0.952. The molecule has 1 heterocycles. The molecular formula is C26H43ClN2O3. The highest BCUT2D eigenvalue weighted by Crippen LogP contribution is 2.41. The normalized spacial score (nSPS) is 24.7. The number of nitrogens with two attached hydrogens (primary N) is 1. The summed E-state index contributed by atoms with van der Waals surface area (Å²) in [6, 6.07) is 7.65. The molecule has 5 nitrogen and oxygen atoms in total. The maximum absolute atomic E-state index is 12.1. The van der Waals surface area contributed by atoms with Gasteiger partial charge in [-0.3, -0.25) is 4.90 Å². The van der Waals surface area contributed by atoms with Crippen LogP contribution in [-0.2, 0) is 10.3 Å². The number of ether oxygens (including phenoxy) is 1. The van der Waals surface area contributed by atoms with Crippen LogP contribution in [0, 0.1) is 11.8 Å². The highest BCUT2D eigenvalue weighted by molar-refractivity contribution is 6.30. The number of likely N-dealkylation sites (tertiary alicyclic amines) is 1. The lowest BCUT2D eigenvalue weighted by molar-refractivity contribution is -0.0821. The van der Waals surface area contributed by atoms with Gasteiger partial charge >= 0.3 is 0 Å². The zero-order valence-corrected chi connectivity index (χ0v) is 20.5. The monoisotopic (exact) mass is 466 g/mol. The Morgan fingerprint density at radius 3 is 2.66 bits per heavy atom. The quantitative estimate of drug-likeness (QED) is 0.423. The van der Waals surface area contributed by atoms with Crippen molar-refractivity contribution in [2.75, 3.05) is 33.4 Å². The second-order valence-corrected chi connectivity index (χ2v) is 10.3. The van der Waals surface area contributed by atoms with E-state index in [4.69, 9.17) is 22.1 Å². The van der Waals surface area contributed by atoms with Gasteiger partial charge in [0.15, 0.2) is 0 Å². The van der Waals surface area contributed by atoms with Crippen LogP contribution < -0.4 is 5.73 Å². The molecular weight excluding hydrogens is 424 g/mol. The van der Waals surface area contributed by atoms with Crippen molar-refractivity contribution in [3.05, 3.63) is 34.9 Å². The van der Waals surface area contributed by atoms with Crippen LogP contribution in [0.2, 0.25) is 5.02 Å². The molecule has 2 fully saturated rings. The fourth-order valence-electron chi connectivity index (χ4n) is 5.97. The second kappa shape index (κ2) is 12.7. The molecule has 6 heteroatoms. The SMILES string of the molecule is COCCCC[C@@](O)(c1cccc(Cl)c1)[C@@H]1CCCN([C@H](CN)[C@H](O)C2CCCCC2)C1. The number of piperidine rings is 1. The summed E-state index contributed by atoms with van der Waals surface area (Å²) in [5, 5.41) is 23.9. The van der Waals surface area contributed by atoms with Gasteiger partial charge in [-0.05, 0) is 75.1 Å². The molecule has 182 valence electrons. The Morgan fingerprint density at radius 1 is 1.19 bits per heavy atom. The number of aliphatic hydroxyl groups is 2. The molecule has 1 saturated carbocycles. The van der Waals surface area contributed by atoms with Crippen molar-refractivity contribution in [1.82, 2.24) is 4.90 Å². The first-order valence-corrected chi connectivity index (χ1v) is 13.0. The van der Waals surface area contributed by atoms with Gasteiger partial charge in [0.1, 0.15) is 0 Å². The number of nitrogens with zero attached hydrogens (tertiary/aromatic N) is 1. The summed E-state index contributed by atoms with van der Waals surface area (Å²) in [5.41, 5.74) is 6.16. The Hall–Kier alpha value is -0.690. The van der Waals surface area contributed by atoms with Gasteiger partial charge in [0.25, 0.3) is 0 Å². The largest absolute Gasteiger partial charge is 0.391 e. The Balaban J connectivity index is 1.77. The molecule has 4 N–H and O–H groups in total. The second-order valence-electron chi connectivity index (χ2n) is 9.91. The third kappa shape index (κ3) is 6.46.